The number of hydrogen-bond donors (Lipinski definition) is 0. The van der Waals surface area contributed by atoms with Gasteiger partial charge in [-0.05, 0) is 54.5 Å². The summed E-state index contributed by atoms with van der Waals surface area (Å²) in [6, 6.07) is 5.60. The summed E-state index contributed by atoms with van der Waals surface area (Å²) < 4.78 is 9.43. The molecule has 0 aliphatic heterocycles. The van der Waals surface area contributed by atoms with E-state index in [1.54, 1.807) is 7.05 Å². The minimum Gasteiger partial charge on any atom is -0.489 e. The summed E-state index contributed by atoms with van der Waals surface area (Å²) in [5, 5.41) is 7.72. The molecule has 0 saturated heterocycles. The Morgan fingerprint density at radius 1 is 1.38 bits per heavy atom. The number of ether oxygens (including phenoxy) is 1. The summed E-state index contributed by atoms with van der Waals surface area (Å²) in [4.78, 5) is 12.2. The predicted octanol–water partition coefficient (Wildman–Crippen LogP) is 3.67. The minimum absolute atomic E-state index is 0.304. The molecule has 0 saturated carbocycles. The van der Waals surface area contributed by atoms with Gasteiger partial charge in [0.2, 0.25) is 0 Å². The standard InChI is InChI=1S/C19H21BrN4O2/c1-5-14-9-13(3)18(10-12(14)2)26-11-15-16(20)7-6-8-17(15)24-19(25)23(4)21-22-24/h5-8,10,14H,1,9,11H2,2-4H3. The number of rotatable bonds is 5. The van der Waals surface area contributed by atoms with E-state index in [9.17, 15) is 4.79 Å². The number of benzene rings is 1. The third-order valence-electron chi connectivity index (χ3n) is 4.59. The van der Waals surface area contributed by atoms with E-state index in [0.29, 0.717) is 18.2 Å². The zero-order valence-corrected chi connectivity index (χ0v) is 16.7. The highest BCUT2D eigenvalue weighted by atomic mass is 79.9. The maximum absolute atomic E-state index is 12.2. The lowest BCUT2D eigenvalue weighted by Gasteiger charge is -2.23. The van der Waals surface area contributed by atoms with Gasteiger partial charge >= 0.3 is 5.69 Å². The van der Waals surface area contributed by atoms with Gasteiger partial charge in [0.1, 0.15) is 12.4 Å². The normalized spacial score (nSPS) is 17.2. The Hall–Kier alpha value is -2.41. The Morgan fingerprint density at radius 2 is 2.15 bits per heavy atom. The number of aromatic nitrogens is 4. The van der Waals surface area contributed by atoms with E-state index in [1.165, 1.54) is 20.5 Å². The van der Waals surface area contributed by atoms with Crippen LogP contribution in [0, 0.1) is 5.92 Å². The van der Waals surface area contributed by atoms with E-state index in [1.807, 2.05) is 24.3 Å². The molecule has 1 aromatic heterocycles. The second-order valence-electron chi connectivity index (χ2n) is 6.40. The van der Waals surface area contributed by atoms with Gasteiger partial charge in [-0.3, -0.25) is 0 Å². The molecule has 0 N–H and O–H groups in total. The topological polar surface area (TPSA) is 61.9 Å². The molecule has 1 atom stereocenters. The quantitative estimate of drug-likeness (QED) is 0.697. The smallest absolute Gasteiger partial charge is 0.368 e. The summed E-state index contributed by atoms with van der Waals surface area (Å²) in [7, 11) is 1.57. The highest BCUT2D eigenvalue weighted by Gasteiger charge is 2.19. The molecule has 26 heavy (non-hydrogen) atoms. The zero-order valence-electron chi connectivity index (χ0n) is 15.1. The molecule has 6 nitrogen and oxygen atoms in total. The van der Waals surface area contributed by atoms with Crippen molar-refractivity contribution in [3.63, 3.8) is 0 Å². The van der Waals surface area contributed by atoms with Crippen LogP contribution in [0.1, 0.15) is 25.8 Å². The molecular weight excluding hydrogens is 396 g/mol. The molecule has 0 fully saturated rings. The van der Waals surface area contributed by atoms with Crippen molar-refractivity contribution in [2.45, 2.75) is 26.9 Å². The summed E-state index contributed by atoms with van der Waals surface area (Å²) >= 11 is 3.55. The largest absolute Gasteiger partial charge is 0.489 e. The Bertz CT molecular complexity index is 968. The fourth-order valence-corrected chi connectivity index (χ4v) is 3.44. The fourth-order valence-electron chi connectivity index (χ4n) is 2.97. The van der Waals surface area contributed by atoms with Gasteiger partial charge in [-0.2, -0.15) is 9.36 Å². The first kappa shape index (κ1) is 18.4. The summed E-state index contributed by atoms with van der Waals surface area (Å²) in [5.41, 5.74) is 3.61. The van der Waals surface area contributed by atoms with E-state index in [0.717, 1.165) is 22.2 Å². The molecule has 1 aromatic carbocycles. The third kappa shape index (κ3) is 3.44. The van der Waals surface area contributed by atoms with Crippen molar-refractivity contribution < 1.29 is 4.74 Å². The SMILES string of the molecule is C=CC1CC(C)=C(OCc2c(Br)cccc2-n2nnn(C)c2=O)C=C1C. The number of tetrazole rings is 1. The Balaban J connectivity index is 1.91. The second kappa shape index (κ2) is 7.45. The molecule has 0 radical (unpaired) electrons. The molecule has 0 bridgehead atoms. The highest BCUT2D eigenvalue weighted by Crippen LogP contribution is 2.31. The van der Waals surface area contributed by atoms with Crippen LogP contribution in [0.15, 0.2) is 63.1 Å². The molecule has 1 unspecified atom stereocenters. The Labute approximate surface area is 160 Å². The van der Waals surface area contributed by atoms with Crippen molar-refractivity contribution in [1.29, 1.82) is 0 Å². The lowest BCUT2D eigenvalue weighted by Crippen LogP contribution is -2.23. The molecule has 1 aliphatic rings. The van der Waals surface area contributed by atoms with Crippen molar-refractivity contribution in [3.05, 3.63) is 74.4 Å². The number of nitrogens with zero attached hydrogens (tertiary/aromatic N) is 4. The van der Waals surface area contributed by atoms with Crippen molar-refractivity contribution in [1.82, 2.24) is 19.8 Å². The first-order chi connectivity index (χ1) is 12.4. The van der Waals surface area contributed by atoms with E-state index in [-0.39, 0.29) is 5.69 Å². The molecule has 2 aromatic rings. The maximum atomic E-state index is 12.2. The van der Waals surface area contributed by atoms with Gasteiger partial charge in [-0.1, -0.05) is 33.6 Å². The van der Waals surface area contributed by atoms with Gasteiger partial charge < -0.3 is 4.74 Å². The van der Waals surface area contributed by atoms with Gasteiger partial charge in [-0.25, -0.2) is 4.79 Å². The van der Waals surface area contributed by atoms with Gasteiger partial charge in [0.25, 0.3) is 0 Å². The van der Waals surface area contributed by atoms with Gasteiger partial charge in [0, 0.05) is 23.0 Å². The molecule has 1 aliphatic carbocycles. The van der Waals surface area contributed by atoms with Crippen molar-refractivity contribution in [3.8, 4) is 5.69 Å². The van der Waals surface area contributed by atoms with Crippen LogP contribution in [0.25, 0.3) is 5.69 Å². The van der Waals surface area contributed by atoms with E-state index in [2.05, 4.69) is 52.9 Å². The Kier molecular flexibility index (Phi) is 5.27. The average molecular weight is 417 g/mol. The van der Waals surface area contributed by atoms with Crippen LogP contribution in [-0.4, -0.2) is 19.8 Å². The first-order valence-electron chi connectivity index (χ1n) is 8.32. The fraction of sp³-hybridized carbons (Fsp3) is 0.316. The Morgan fingerprint density at radius 3 is 2.81 bits per heavy atom. The average Bonchev–Trinajstić information content (AvgIpc) is 2.95. The molecule has 7 heteroatoms. The third-order valence-corrected chi connectivity index (χ3v) is 5.33. The van der Waals surface area contributed by atoms with Crippen LogP contribution in [0.2, 0.25) is 0 Å². The number of aryl methyl sites for hydroxylation is 1. The van der Waals surface area contributed by atoms with Crippen LogP contribution in [0.3, 0.4) is 0 Å². The molecule has 136 valence electrons. The summed E-state index contributed by atoms with van der Waals surface area (Å²) in [6.07, 6.45) is 4.95. The maximum Gasteiger partial charge on any atom is 0.368 e. The molecule has 0 spiro atoms. The van der Waals surface area contributed by atoms with Gasteiger partial charge in [0.05, 0.1) is 5.69 Å². The summed E-state index contributed by atoms with van der Waals surface area (Å²) in [5.74, 6) is 1.23. The first-order valence-corrected chi connectivity index (χ1v) is 9.11. The van der Waals surface area contributed by atoms with Crippen molar-refractivity contribution in [2.75, 3.05) is 0 Å². The molecule has 3 rings (SSSR count). The lowest BCUT2D eigenvalue weighted by atomic mass is 9.88. The van der Waals surface area contributed by atoms with Crippen molar-refractivity contribution >= 4 is 15.9 Å². The van der Waals surface area contributed by atoms with E-state index < -0.39 is 0 Å². The zero-order chi connectivity index (χ0) is 18.8. The minimum atomic E-state index is -0.304. The molecular formula is C19H21BrN4O2. The number of allylic oxidation sites excluding steroid dienone is 4. The van der Waals surface area contributed by atoms with Gasteiger partial charge in [0.15, 0.2) is 0 Å². The van der Waals surface area contributed by atoms with Crippen LogP contribution in [0.5, 0.6) is 0 Å². The van der Waals surface area contributed by atoms with Crippen LogP contribution < -0.4 is 5.69 Å². The van der Waals surface area contributed by atoms with Crippen LogP contribution in [-0.2, 0) is 18.4 Å². The lowest BCUT2D eigenvalue weighted by molar-refractivity contribution is 0.203. The molecule has 1 heterocycles. The number of hydrogen-bond acceptors (Lipinski definition) is 4. The van der Waals surface area contributed by atoms with Crippen molar-refractivity contribution in [2.24, 2.45) is 13.0 Å². The van der Waals surface area contributed by atoms with E-state index in [4.69, 9.17) is 4.74 Å². The van der Waals surface area contributed by atoms with Crippen LogP contribution in [0.4, 0.5) is 0 Å². The van der Waals surface area contributed by atoms with Crippen LogP contribution >= 0.6 is 15.9 Å². The monoisotopic (exact) mass is 416 g/mol. The predicted molar refractivity (Wildman–Crippen MR) is 104 cm³/mol. The van der Waals surface area contributed by atoms with Gasteiger partial charge in [-0.15, -0.1) is 6.58 Å². The van der Waals surface area contributed by atoms with E-state index >= 15 is 0 Å². The number of halogens is 1. The highest BCUT2D eigenvalue weighted by molar-refractivity contribution is 9.10. The molecule has 0 amide bonds. The summed E-state index contributed by atoms with van der Waals surface area (Å²) in [6.45, 7) is 8.37. The second-order valence-corrected chi connectivity index (χ2v) is 7.26.